The molecule has 2 aromatic heterocycles. The van der Waals surface area contributed by atoms with Gasteiger partial charge in [0.15, 0.2) is 17.7 Å². The van der Waals surface area contributed by atoms with Crippen molar-refractivity contribution < 1.29 is 38.3 Å². The lowest BCUT2D eigenvalue weighted by atomic mass is 10.1. The molecule has 1 aliphatic heterocycles. The van der Waals surface area contributed by atoms with E-state index >= 15 is 0 Å². The van der Waals surface area contributed by atoms with Gasteiger partial charge in [0, 0.05) is 6.42 Å². The van der Waals surface area contributed by atoms with Crippen LogP contribution in [-0.2, 0) is 23.1 Å². The highest BCUT2D eigenvalue weighted by molar-refractivity contribution is 7.46. The molecule has 0 aliphatic carbocycles. The molecule has 0 aromatic carbocycles. The number of anilines is 1. The van der Waals surface area contributed by atoms with Crippen molar-refractivity contribution in [2.24, 2.45) is 0 Å². The van der Waals surface area contributed by atoms with Crippen molar-refractivity contribution in [1.82, 2.24) is 19.5 Å². The molecule has 0 spiro atoms. The summed E-state index contributed by atoms with van der Waals surface area (Å²) in [5, 5.41) is 20.4. The number of aliphatic hydroxyl groups is 2. The zero-order chi connectivity index (χ0) is 19.8. The highest BCUT2D eigenvalue weighted by Gasteiger charge is 2.45. The van der Waals surface area contributed by atoms with E-state index in [2.05, 4.69) is 24.0 Å². The second kappa shape index (κ2) is 7.46. The van der Waals surface area contributed by atoms with E-state index in [1.807, 2.05) is 0 Å². The number of nitrogen functional groups attached to an aromatic ring is 1. The van der Waals surface area contributed by atoms with Crippen molar-refractivity contribution >= 4 is 30.8 Å². The number of aromatic nitrogens is 4. The summed E-state index contributed by atoms with van der Waals surface area (Å²) in [4.78, 5) is 34.5. The largest absolute Gasteiger partial charge is 0.746 e. The number of nitrogens with zero attached hydrogens (tertiary/aromatic N) is 4. The highest BCUT2D eigenvalue weighted by atomic mass is 31.2. The van der Waals surface area contributed by atoms with E-state index in [0.717, 1.165) is 0 Å². The minimum atomic E-state index is -4.92. The first kappa shape index (κ1) is 19.6. The Morgan fingerprint density at radius 3 is 2.85 bits per heavy atom. The SMILES string of the molecule is CCC(=O)OP(=O)([O-])OC[C@H]1O[C@@H](n2cnc3c(N)ncnc32)[C@H](O)[C@@H]1O. The molecule has 1 unspecified atom stereocenters. The minimum absolute atomic E-state index is 0.122. The van der Waals surface area contributed by atoms with Crippen LogP contribution in [0, 0.1) is 0 Å². The molecule has 0 radical (unpaired) electrons. The summed E-state index contributed by atoms with van der Waals surface area (Å²) >= 11 is 0. The van der Waals surface area contributed by atoms with E-state index in [1.54, 1.807) is 0 Å². The van der Waals surface area contributed by atoms with Gasteiger partial charge in [-0.15, -0.1) is 0 Å². The molecule has 5 atom stereocenters. The minimum Gasteiger partial charge on any atom is -0.746 e. The van der Waals surface area contributed by atoms with Gasteiger partial charge < -0.3 is 34.6 Å². The number of phosphoric acid groups is 1. The molecule has 3 heterocycles. The molecule has 0 bridgehead atoms. The smallest absolute Gasteiger partial charge is 0.322 e. The van der Waals surface area contributed by atoms with Crippen LogP contribution in [0.25, 0.3) is 11.2 Å². The normalized spacial score (nSPS) is 27.6. The standard InChI is InChI=1S/C13H18N5O8P/c1-2-7(19)26-27(22,23)24-3-6-9(20)10(21)13(25-6)18-5-17-8-11(14)15-4-16-12(8)18/h4-6,9-10,13,20-21H,2-3H2,1H3,(H,22,23)(H2,14,15,16)/p-1/t6-,9-,10-,13-/m1/s1. The van der Waals surface area contributed by atoms with Gasteiger partial charge in [0.05, 0.1) is 12.9 Å². The third kappa shape index (κ3) is 3.93. The lowest BCUT2D eigenvalue weighted by molar-refractivity contribution is -0.227. The van der Waals surface area contributed by atoms with Crippen molar-refractivity contribution in [3.8, 4) is 0 Å². The first-order chi connectivity index (χ1) is 12.7. The summed E-state index contributed by atoms with van der Waals surface area (Å²) < 4.78 is 27.2. The zero-order valence-electron chi connectivity index (χ0n) is 14.0. The summed E-state index contributed by atoms with van der Waals surface area (Å²) in [6.45, 7) is 0.745. The number of aliphatic hydroxyl groups excluding tert-OH is 2. The zero-order valence-corrected chi connectivity index (χ0v) is 14.9. The molecular weight excluding hydrogens is 385 g/mol. The molecule has 14 heteroatoms. The van der Waals surface area contributed by atoms with Crippen LogP contribution < -0.4 is 10.6 Å². The highest BCUT2D eigenvalue weighted by Crippen LogP contribution is 2.40. The number of hydrogen-bond donors (Lipinski definition) is 3. The average molecular weight is 402 g/mol. The van der Waals surface area contributed by atoms with Gasteiger partial charge in [0.25, 0.3) is 0 Å². The number of carbonyl (C=O) groups is 1. The predicted molar refractivity (Wildman–Crippen MR) is 85.6 cm³/mol. The number of imidazole rings is 1. The number of fused-ring (bicyclic) bond motifs is 1. The first-order valence-electron chi connectivity index (χ1n) is 7.86. The summed E-state index contributed by atoms with van der Waals surface area (Å²) in [5.41, 5.74) is 6.23. The summed E-state index contributed by atoms with van der Waals surface area (Å²) in [6, 6.07) is 0. The summed E-state index contributed by atoms with van der Waals surface area (Å²) in [6.07, 6.45) is -2.92. The Balaban J connectivity index is 1.73. The topological polar surface area (TPSA) is 195 Å². The third-order valence-corrected chi connectivity index (χ3v) is 4.79. The van der Waals surface area contributed by atoms with Crippen molar-refractivity contribution in [2.75, 3.05) is 12.3 Å². The fourth-order valence-electron chi connectivity index (χ4n) is 2.53. The fourth-order valence-corrected chi connectivity index (χ4v) is 3.29. The van der Waals surface area contributed by atoms with Crippen LogP contribution in [0.5, 0.6) is 0 Å². The molecule has 1 saturated heterocycles. The van der Waals surface area contributed by atoms with Crippen LogP contribution in [0.15, 0.2) is 12.7 Å². The Hall–Kier alpha value is -2.15. The van der Waals surface area contributed by atoms with Gasteiger partial charge in [-0.2, -0.15) is 0 Å². The van der Waals surface area contributed by atoms with Gasteiger partial charge in [-0.1, -0.05) is 6.92 Å². The number of carbonyl (C=O) groups excluding carboxylic acids is 1. The molecule has 148 valence electrons. The Bertz CT molecular complexity index is 891. The quantitative estimate of drug-likeness (QED) is 0.472. The molecular formula is C13H17N5O8P-. The summed E-state index contributed by atoms with van der Waals surface area (Å²) in [7, 11) is -4.92. The maximum absolute atomic E-state index is 11.6. The first-order valence-corrected chi connectivity index (χ1v) is 9.32. The van der Waals surface area contributed by atoms with Gasteiger partial charge in [-0.3, -0.25) is 13.9 Å². The summed E-state index contributed by atoms with van der Waals surface area (Å²) in [5.74, 6) is -0.863. The molecule has 1 fully saturated rings. The Kier molecular flexibility index (Phi) is 5.42. The maximum Gasteiger partial charge on any atom is 0.322 e. The molecule has 0 saturated carbocycles. The number of ether oxygens (including phenoxy) is 1. The van der Waals surface area contributed by atoms with E-state index in [4.69, 9.17) is 10.5 Å². The second-order valence-electron chi connectivity index (χ2n) is 5.69. The fraction of sp³-hybridized carbons (Fsp3) is 0.538. The van der Waals surface area contributed by atoms with Gasteiger partial charge in [0.2, 0.25) is 0 Å². The lowest BCUT2D eigenvalue weighted by Gasteiger charge is -2.24. The van der Waals surface area contributed by atoms with Crippen LogP contribution in [0.2, 0.25) is 0 Å². The van der Waals surface area contributed by atoms with Crippen LogP contribution in [0.1, 0.15) is 19.6 Å². The van der Waals surface area contributed by atoms with E-state index in [1.165, 1.54) is 24.1 Å². The van der Waals surface area contributed by atoms with Crippen LogP contribution in [-0.4, -0.2) is 60.6 Å². The van der Waals surface area contributed by atoms with Crippen molar-refractivity contribution in [3.05, 3.63) is 12.7 Å². The van der Waals surface area contributed by atoms with Crippen LogP contribution in [0.3, 0.4) is 0 Å². The monoisotopic (exact) mass is 402 g/mol. The van der Waals surface area contributed by atoms with Gasteiger partial charge in [-0.05, 0) is 0 Å². The Labute approximate surface area is 152 Å². The van der Waals surface area contributed by atoms with E-state index in [-0.39, 0.29) is 23.4 Å². The lowest BCUT2D eigenvalue weighted by Crippen LogP contribution is -2.34. The molecule has 4 N–H and O–H groups in total. The van der Waals surface area contributed by atoms with E-state index in [9.17, 15) is 24.5 Å². The van der Waals surface area contributed by atoms with Crippen LogP contribution in [0.4, 0.5) is 5.82 Å². The molecule has 1 aliphatic rings. The van der Waals surface area contributed by atoms with Crippen molar-refractivity contribution in [2.45, 2.75) is 37.9 Å². The molecule has 3 rings (SSSR count). The van der Waals surface area contributed by atoms with Gasteiger partial charge in [0.1, 0.15) is 30.2 Å². The maximum atomic E-state index is 11.6. The average Bonchev–Trinajstić information content (AvgIpc) is 3.16. The van der Waals surface area contributed by atoms with E-state index in [0.29, 0.717) is 0 Å². The van der Waals surface area contributed by atoms with Gasteiger partial charge in [-0.25, -0.2) is 15.0 Å². The molecule has 13 nitrogen and oxygen atoms in total. The second-order valence-corrected chi connectivity index (χ2v) is 7.02. The Morgan fingerprint density at radius 1 is 1.41 bits per heavy atom. The third-order valence-electron chi connectivity index (χ3n) is 3.90. The number of nitrogens with two attached hydrogens (primary N) is 1. The van der Waals surface area contributed by atoms with E-state index < -0.39 is 44.9 Å². The number of hydrogen-bond acceptors (Lipinski definition) is 12. The molecule has 2 aromatic rings. The number of rotatable bonds is 6. The molecule has 0 amide bonds. The number of phosphoric ester groups is 1. The van der Waals surface area contributed by atoms with Crippen LogP contribution >= 0.6 is 7.82 Å². The van der Waals surface area contributed by atoms with Crippen molar-refractivity contribution in [1.29, 1.82) is 0 Å². The van der Waals surface area contributed by atoms with Gasteiger partial charge >= 0.3 is 13.8 Å². The predicted octanol–water partition coefficient (Wildman–Crippen LogP) is -1.53. The van der Waals surface area contributed by atoms with Crippen molar-refractivity contribution in [3.63, 3.8) is 0 Å². The molecule has 27 heavy (non-hydrogen) atoms. The Morgan fingerprint density at radius 2 is 2.15 bits per heavy atom.